The second-order valence-electron chi connectivity index (χ2n) is 7.79. The van der Waals surface area contributed by atoms with Gasteiger partial charge in [-0.3, -0.25) is 4.98 Å². The summed E-state index contributed by atoms with van der Waals surface area (Å²) in [5.41, 5.74) is 11.3. The van der Waals surface area contributed by atoms with Crippen LogP contribution in [0.4, 0.5) is 0 Å². The predicted octanol–water partition coefficient (Wildman–Crippen LogP) is 4.00. The Morgan fingerprint density at radius 1 is 1.13 bits per heavy atom. The van der Waals surface area contributed by atoms with Crippen molar-refractivity contribution >= 4 is 17.6 Å². The second kappa shape index (κ2) is 8.16. The van der Waals surface area contributed by atoms with Gasteiger partial charge in [0.1, 0.15) is 6.33 Å². The maximum atomic E-state index is 11.7. The van der Waals surface area contributed by atoms with E-state index in [9.17, 15) is 9.90 Å². The van der Waals surface area contributed by atoms with Crippen molar-refractivity contribution in [1.82, 2.24) is 15.0 Å². The predicted molar refractivity (Wildman–Crippen MR) is 116 cm³/mol. The van der Waals surface area contributed by atoms with E-state index in [0.717, 1.165) is 29.7 Å². The first kappa shape index (κ1) is 19.9. The Hall–Kier alpha value is -3.38. The number of rotatable bonds is 6. The van der Waals surface area contributed by atoms with Crippen molar-refractivity contribution in [1.29, 1.82) is 0 Å². The fraction of sp³-hybridized carbons (Fsp3) is 0.250. The molecule has 0 spiro atoms. The molecule has 2 heterocycles. The molecular formula is C24H24N4O2. The number of pyridine rings is 1. The molecule has 1 saturated carbocycles. The molecule has 6 heteroatoms. The fourth-order valence-electron chi connectivity index (χ4n) is 3.79. The topological polar surface area (TPSA) is 102 Å². The normalized spacial score (nSPS) is 15.5. The Morgan fingerprint density at radius 3 is 2.50 bits per heavy atom. The molecule has 1 aromatic carbocycles. The highest BCUT2D eigenvalue weighted by Crippen LogP contribution is 2.38. The van der Waals surface area contributed by atoms with Crippen LogP contribution in [0.25, 0.3) is 11.6 Å². The molecule has 4 rings (SSSR count). The number of carbonyl (C=O) groups is 1. The minimum absolute atomic E-state index is 0.0127. The molecule has 1 aliphatic rings. The second-order valence-corrected chi connectivity index (χ2v) is 7.79. The molecule has 1 fully saturated rings. The molecule has 0 amide bonds. The number of allylic oxidation sites excluding steroid dienone is 1. The fourth-order valence-corrected chi connectivity index (χ4v) is 3.79. The standard InChI is InChI=1S/C24H24N4O2/c1-16-20(22(23(29)30)28-15-27-16)14-18(21-5-2-3-12-26-21)13-17-6-8-19(9-7-17)24(25)10-4-11-24/h2-3,5-9,12,14-15H,4,10-11,13,25H2,1H3,(H,29,30). The summed E-state index contributed by atoms with van der Waals surface area (Å²) in [5, 5.41) is 9.55. The van der Waals surface area contributed by atoms with E-state index in [1.807, 2.05) is 24.3 Å². The summed E-state index contributed by atoms with van der Waals surface area (Å²) in [7, 11) is 0. The average molecular weight is 400 g/mol. The number of aromatic carboxylic acids is 1. The third kappa shape index (κ3) is 4.00. The summed E-state index contributed by atoms with van der Waals surface area (Å²) in [6.45, 7) is 1.78. The van der Waals surface area contributed by atoms with Gasteiger partial charge in [0.25, 0.3) is 0 Å². The summed E-state index contributed by atoms with van der Waals surface area (Å²) in [5.74, 6) is -1.08. The summed E-state index contributed by atoms with van der Waals surface area (Å²) >= 11 is 0. The zero-order chi connectivity index (χ0) is 21.1. The first-order valence-corrected chi connectivity index (χ1v) is 10.0. The monoisotopic (exact) mass is 400 g/mol. The summed E-state index contributed by atoms with van der Waals surface area (Å²) < 4.78 is 0. The van der Waals surface area contributed by atoms with Gasteiger partial charge in [0.05, 0.1) is 5.69 Å². The van der Waals surface area contributed by atoms with Crippen LogP contribution in [0.2, 0.25) is 0 Å². The van der Waals surface area contributed by atoms with E-state index >= 15 is 0 Å². The van der Waals surface area contributed by atoms with Crippen LogP contribution in [0.5, 0.6) is 0 Å². The largest absolute Gasteiger partial charge is 0.476 e. The van der Waals surface area contributed by atoms with Crippen molar-refractivity contribution in [2.75, 3.05) is 0 Å². The highest BCUT2D eigenvalue weighted by molar-refractivity contribution is 5.93. The number of hydrogen-bond donors (Lipinski definition) is 2. The number of benzene rings is 1. The lowest BCUT2D eigenvalue weighted by atomic mass is 9.72. The van der Waals surface area contributed by atoms with E-state index in [-0.39, 0.29) is 11.2 Å². The molecule has 0 saturated heterocycles. The van der Waals surface area contributed by atoms with Gasteiger partial charge in [-0.05, 0) is 67.5 Å². The van der Waals surface area contributed by atoms with Crippen LogP contribution in [0.3, 0.4) is 0 Å². The minimum atomic E-state index is -1.08. The van der Waals surface area contributed by atoms with Crippen LogP contribution in [0.15, 0.2) is 55.0 Å². The van der Waals surface area contributed by atoms with Crippen molar-refractivity contribution < 1.29 is 9.90 Å². The zero-order valence-electron chi connectivity index (χ0n) is 16.9. The van der Waals surface area contributed by atoms with E-state index in [1.54, 1.807) is 13.1 Å². The zero-order valence-corrected chi connectivity index (χ0v) is 16.9. The van der Waals surface area contributed by atoms with E-state index in [4.69, 9.17) is 5.73 Å². The molecule has 3 aromatic rings. The maximum absolute atomic E-state index is 11.7. The van der Waals surface area contributed by atoms with Gasteiger partial charge in [-0.25, -0.2) is 14.8 Å². The van der Waals surface area contributed by atoms with Crippen LogP contribution in [-0.4, -0.2) is 26.0 Å². The van der Waals surface area contributed by atoms with E-state index in [0.29, 0.717) is 17.7 Å². The van der Waals surface area contributed by atoms with Crippen molar-refractivity contribution in [2.45, 2.75) is 38.1 Å². The average Bonchev–Trinajstić information content (AvgIpc) is 2.73. The Kier molecular flexibility index (Phi) is 5.42. The first-order valence-electron chi connectivity index (χ1n) is 10.0. The van der Waals surface area contributed by atoms with Crippen LogP contribution in [-0.2, 0) is 12.0 Å². The lowest BCUT2D eigenvalue weighted by Crippen LogP contribution is -2.43. The number of carboxylic acid groups (broad SMARTS) is 1. The third-order valence-corrected chi connectivity index (χ3v) is 5.77. The summed E-state index contributed by atoms with van der Waals surface area (Å²) in [4.78, 5) is 24.3. The highest BCUT2D eigenvalue weighted by Gasteiger charge is 2.34. The number of nitrogens with two attached hydrogens (primary N) is 1. The van der Waals surface area contributed by atoms with Gasteiger partial charge in [0.2, 0.25) is 0 Å². The maximum Gasteiger partial charge on any atom is 0.355 e. The quantitative estimate of drug-likeness (QED) is 0.648. The summed E-state index contributed by atoms with van der Waals surface area (Å²) in [6.07, 6.45) is 8.67. The van der Waals surface area contributed by atoms with Crippen molar-refractivity contribution in [3.8, 4) is 0 Å². The van der Waals surface area contributed by atoms with E-state index in [2.05, 4.69) is 39.2 Å². The lowest BCUT2D eigenvalue weighted by molar-refractivity contribution is 0.0690. The molecule has 0 bridgehead atoms. The van der Waals surface area contributed by atoms with Gasteiger partial charge in [-0.2, -0.15) is 0 Å². The Labute approximate surface area is 175 Å². The molecule has 0 aliphatic heterocycles. The third-order valence-electron chi connectivity index (χ3n) is 5.77. The minimum Gasteiger partial charge on any atom is -0.476 e. The molecule has 0 radical (unpaired) electrons. The van der Waals surface area contributed by atoms with E-state index < -0.39 is 5.97 Å². The first-order chi connectivity index (χ1) is 14.5. The van der Waals surface area contributed by atoms with Crippen molar-refractivity contribution in [3.63, 3.8) is 0 Å². The van der Waals surface area contributed by atoms with Crippen LogP contribution in [0.1, 0.15) is 57.8 Å². The number of carboxylic acids is 1. The van der Waals surface area contributed by atoms with E-state index in [1.165, 1.54) is 18.3 Å². The number of nitrogens with zero attached hydrogens (tertiary/aromatic N) is 3. The molecule has 2 aromatic heterocycles. The molecule has 1 aliphatic carbocycles. The van der Waals surface area contributed by atoms with Crippen LogP contribution in [0, 0.1) is 6.92 Å². The summed E-state index contributed by atoms with van der Waals surface area (Å²) in [6, 6.07) is 14.1. The van der Waals surface area contributed by atoms with Gasteiger partial charge < -0.3 is 10.8 Å². The molecule has 0 atom stereocenters. The van der Waals surface area contributed by atoms with Gasteiger partial charge in [0, 0.05) is 23.0 Å². The Morgan fingerprint density at radius 2 is 1.90 bits per heavy atom. The highest BCUT2D eigenvalue weighted by atomic mass is 16.4. The molecule has 152 valence electrons. The van der Waals surface area contributed by atoms with Gasteiger partial charge >= 0.3 is 5.97 Å². The SMILES string of the molecule is Cc1ncnc(C(=O)O)c1C=C(Cc1ccc(C2(N)CCC2)cc1)c1ccccn1. The molecule has 30 heavy (non-hydrogen) atoms. The van der Waals surface area contributed by atoms with Gasteiger partial charge in [-0.15, -0.1) is 0 Å². The Balaban J connectivity index is 1.72. The molecule has 3 N–H and O–H groups in total. The lowest BCUT2D eigenvalue weighted by Gasteiger charge is -2.38. The van der Waals surface area contributed by atoms with Crippen molar-refractivity contribution in [2.24, 2.45) is 5.73 Å². The van der Waals surface area contributed by atoms with Gasteiger partial charge in [0.15, 0.2) is 5.69 Å². The Bertz CT molecular complexity index is 1090. The van der Waals surface area contributed by atoms with Crippen LogP contribution >= 0.6 is 0 Å². The number of aromatic nitrogens is 3. The molecule has 0 unspecified atom stereocenters. The smallest absolute Gasteiger partial charge is 0.355 e. The van der Waals surface area contributed by atoms with Crippen LogP contribution < -0.4 is 5.73 Å². The van der Waals surface area contributed by atoms with Crippen molar-refractivity contribution in [3.05, 3.63) is 88.8 Å². The molecule has 6 nitrogen and oxygen atoms in total. The number of hydrogen-bond acceptors (Lipinski definition) is 5. The number of aryl methyl sites for hydroxylation is 1. The van der Waals surface area contributed by atoms with Gasteiger partial charge in [-0.1, -0.05) is 30.3 Å². The molecular weight excluding hydrogens is 376 g/mol.